The second-order valence-corrected chi connectivity index (χ2v) is 22.4. The quantitative estimate of drug-likeness (QED) is 0.0305. The van der Waals surface area contributed by atoms with Crippen LogP contribution in [0.3, 0.4) is 0 Å². The first-order chi connectivity index (χ1) is 41.6. The summed E-state index contributed by atoms with van der Waals surface area (Å²) in [7, 11) is 0. The average Bonchev–Trinajstić information content (AvgIpc) is 4.46. The Morgan fingerprint density at radius 3 is 1.53 bits per heavy atom. The van der Waals surface area contributed by atoms with Crippen molar-refractivity contribution in [2.24, 2.45) is 23.3 Å². The van der Waals surface area contributed by atoms with Gasteiger partial charge in [0.2, 0.25) is 65.0 Å². The lowest BCUT2D eigenvalue weighted by Gasteiger charge is -2.31. The number of carboxylic acid groups (broad SMARTS) is 2. The molecule has 11 amide bonds. The molecule has 0 radical (unpaired) electrons. The third-order valence-electron chi connectivity index (χ3n) is 14.4. The summed E-state index contributed by atoms with van der Waals surface area (Å²) in [5.74, 6) is -14.2. The summed E-state index contributed by atoms with van der Waals surface area (Å²) in [6.07, 6.45) is 0.662. The van der Waals surface area contributed by atoms with Crippen LogP contribution in [0, 0.1) is 11.8 Å². The van der Waals surface area contributed by atoms with Crippen LogP contribution in [-0.2, 0) is 75.2 Å². The van der Waals surface area contributed by atoms with E-state index < -0.39 is 182 Å². The molecule has 0 bridgehead atoms. The van der Waals surface area contributed by atoms with Crippen molar-refractivity contribution >= 4 is 76.9 Å². The van der Waals surface area contributed by atoms with Crippen LogP contribution in [0.4, 0.5) is 0 Å². The fourth-order valence-electron chi connectivity index (χ4n) is 9.90. The molecule has 88 heavy (non-hydrogen) atoms. The maximum Gasteiger partial charge on any atom is 0.326 e. The summed E-state index contributed by atoms with van der Waals surface area (Å²) in [5, 5.41) is 78.9. The highest BCUT2D eigenvalue weighted by Gasteiger charge is 2.43. The number of nitrogens with two attached hydrogens (primary N) is 2. The van der Waals surface area contributed by atoms with Crippen molar-refractivity contribution in [3.8, 4) is 5.75 Å². The van der Waals surface area contributed by atoms with Crippen molar-refractivity contribution in [1.29, 1.82) is 0 Å². The number of aromatic hydroxyl groups is 1. The van der Waals surface area contributed by atoms with Crippen molar-refractivity contribution in [3.63, 3.8) is 0 Å². The number of imidazole rings is 1. The van der Waals surface area contributed by atoms with E-state index in [0.717, 1.165) is 9.80 Å². The fraction of sp³-hybridized carbons (Fsp3) is 0.600. The van der Waals surface area contributed by atoms with Gasteiger partial charge in [0.25, 0.3) is 0 Å². The number of aromatic amines is 1. The number of nitrogens with zero attached hydrogens (tertiary/aromatic N) is 3. The second kappa shape index (κ2) is 34.5. The lowest BCUT2D eigenvalue weighted by atomic mass is 10.0. The molecular weight excluding hydrogens is 1160 g/mol. The van der Waals surface area contributed by atoms with Crippen LogP contribution in [0.25, 0.3) is 0 Å². The molecular formula is C55H82N14O19. The zero-order valence-corrected chi connectivity index (χ0v) is 49.3. The first-order valence-corrected chi connectivity index (χ1v) is 28.7. The Hall–Kier alpha value is -8.82. The summed E-state index contributed by atoms with van der Waals surface area (Å²) in [4.78, 5) is 182. The number of nitrogens with one attached hydrogen (secondary N) is 9. The van der Waals surface area contributed by atoms with Crippen molar-refractivity contribution in [2.45, 2.75) is 165 Å². The standard InChI is InChI=1S/C55H82N14O19/c1-27(2)17-32(56)45(77)61-34(19-29-9-11-31(73)12-10-29)47(79)65-38(23-70)50(82)67-40(25-72)54(86)69-16-6-8-42(69)52(84)66-39(24-71)49(81)63-36(20-30-22-58-26-59-30)53(85)68-15-5-7-41(68)51(83)60-33(13-14-44(75)76)46(78)62-35(21-43(57)74)48(80)64-37(55(87)88)18-28(3)4/h9-12,22,26-28,32-42,70-73H,5-8,13-21,23-25,56H2,1-4H3,(H2,57,74)(H,58,59)(H,60,83)(H,61,77)(H,62,78)(H,63,81)(H,64,80)(H,65,79)(H,66,84)(H,67,82)(H,75,76)(H,87,88)/t32-,33-,34-,35-,36-,37-,38-,39-,40-,41-,42-/m0/s1. The first-order valence-electron chi connectivity index (χ1n) is 28.7. The molecule has 3 heterocycles. The van der Waals surface area contributed by atoms with Gasteiger partial charge in [-0.05, 0) is 74.5 Å². The van der Waals surface area contributed by atoms with E-state index in [1.165, 1.54) is 36.8 Å². The van der Waals surface area contributed by atoms with Crippen molar-refractivity contribution in [2.75, 3.05) is 32.9 Å². The molecule has 486 valence electrons. The van der Waals surface area contributed by atoms with Crippen molar-refractivity contribution < 1.29 is 93.0 Å². The summed E-state index contributed by atoms with van der Waals surface area (Å²) >= 11 is 0. The second-order valence-electron chi connectivity index (χ2n) is 22.4. The predicted molar refractivity (Wildman–Crippen MR) is 305 cm³/mol. The molecule has 19 N–H and O–H groups in total. The number of rotatable bonds is 35. The van der Waals surface area contributed by atoms with Gasteiger partial charge in [-0.1, -0.05) is 39.8 Å². The maximum absolute atomic E-state index is 14.5. The largest absolute Gasteiger partial charge is 0.508 e. The van der Waals surface area contributed by atoms with Crippen molar-refractivity contribution in [1.82, 2.24) is 62.3 Å². The van der Waals surface area contributed by atoms with E-state index >= 15 is 0 Å². The SMILES string of the molecule is CC(C)C[C@H](NC(=O)[C@H](CC(N)=O)NC(=O)[C@H](CCC(=O)O)NC(=O)[C@@H]1CCCN1C(=O)[C@H](Cc1cnc[nH]1)NC(=O)[C@H](CO)NC(=O)[C@@H]1CCCN1C(=O)[C@H](CO)NC(=O)[C@H](CO)NC(=O)[C@H](Cc1ccc(O)cc1)NC(=O)[C@@H](N)CC(C)C)C(=O)O. The molecule has 1 aromatic heterocycles. The topological polar surface area (TPSA) is 527 Å². The number of likely N-dealkylation sites (tertiary alicyclic amines) is 2. The molecule has 0 spiro atoms. The van der Waals surface area contributed by atoms with E-state index in [-0.39, 0.29) is 82.0 Å². The smallest absolute Gasteiger partial charge is 0.326 e. The Balaban J connectivity index is 1.47. The number of aromatic nitrogens is 2. The van der Waals surface area contributed by atoms with Gasteiger partial charge in [-0.25, -0.2) is 9.78 Å². The molecule has 2 aliphatic heterocycles. The summed E-state index contributed by atoms with van der Waals surface area (Å²) in [6.45, 7) is 3.73. The Kier molecular flexibility index (Phi) is 28.1. The molecule has 2 fully saturated rings. The average molecular weight is 1240 g/mol. The Morgan fingerprint density at radius 1 is 0.580 bits per heavy atom. The minimum absolute atomic E-state index is 0.0131. The number of aliphatic carboxylic acids is 2. The lowest BCUT2D eigenvalue weighted by molar-refractivity contribution is -0.144. The first kappa shape index (κ1) is 71.7. The molecule has 1 aromatic carbocycles. The van der Waals surface area contributed by atoms with E-state index in [0.29, 0.717) is 11.3 Å². The number of phenolic OH excluding ortho intramolecular Hbond substituents is 1. The number of benzene rings is 1. The summed E-state index contributed by atoms with van der Waals surface area (Å²) < 4.78 is 0. The number of hydrogen-bond donors (Lipinski definition) is 17. The molecule has 0 unspecified atom stereocenters. The normalized spacial score (nSPS) is 17.8. The van der Waals surface area contributed by atoms with Gasteiger partial charge in [-0.3, -0.25) is 57.5 Å². The van der Waals surface area contributed by atoms with Gasteiger partial charge < -0.3 is 99.4 Å². The number of amides is 11. The molecule has 11 atom stereocenters. The predicted octanol–water partition coefficient (Wildman–Crippen LogP) is -6.02. The molecule has 2 saturated heterocycles. The number of phenols is 1. The molecule has 2 aromatic rings. The Morgan fingerprint density at radius 2 is 1.03 bits per heavy atom. The third-order valence-corrected chi connectivity index (χ3v) is 14.4. The molecule has 4 rings (SSSR count). The third kappa shape index (κ3) is 21.8. The number of hydrogen-bond acceptors (Lipinski definition) is 19. The van der Waals surface area contributed by atoms with Gasteiger partial charge in [0.15, 0.2) is 0 Å². The fourth-order valence-corrected chi connectivity index (χ4v) is 9.90. The minimum atomic E-state index is -1.80. The molecule has 2 aliphatic rings. The number of carboxylic acids is 2. The Bertz CT molecular complexity index is 2790. The van der Waals surface area contributed by atoms with E-state index in [2.05, 4.69) is 52.5 Å². The van der Waals surface area contributed by atoms with Crippen LogP contribution in [0.15, 0.2) is 36.8 Å². The van der Waals surface area contributed by atoms with Gasteiger partial charge in [0, 0.05) is 44.2 Å². The highest BCUT2D eigenvalue weighted by molar-refractivity contribution is 6.00. The van der Waals surface area contributed by atoms with Gasteiger partial charge >= 0.3 is 11.9 Å². The highest BCUT2D eigenvalue weighted by atomic mass is 16.4. The van der Waals surface area contributed by atoms with Crippen LogP contribution in [0.5, 0.6) is 5.75 Å². The van der Waals surface area contributed by atoms with E-state index in [9.17, 15) is 93.0 Å². The summed E-state index contributed by atoms with van der Waals surface area (Å²) in [5.41, 5.74) is 12.2. The number of carbonyl (C=O) groups excluding carboxylic acids is 11. The van der Waals surface area contributed by atoms with Gasteiger partial charge in [-0.2, -0.15) is 0 Å². The van der Waals surface area contributed by atoms with E-state index in [1.54, 1.807) is 13.8 Å². The number of aliphatic hydroxyl groups excluding tert-OH is 3. The molecule has 33 nitrogen and oxygen atoms in total. The Labute approximate surface area is 505 Å². The molecule has 0 aliphatic carbocycles. The monoisotopic (exact) mass is 1240 g/mol. The molecule has 33 heteroatoms. The molecule has 0 saturated carbocycles. The number of primary amides is 1. The van der Waals surface area contributed by atoms with Crippen LogP contribution in [0.2, 0.25) is 0 Å². The van der Waals surface area contributed by atoms with Gasteiger partial charge in [0.05, 0.1) is 38.6 Å². The van der Waals surface area contributed by atoms with Crippen LogP contribution < -0.4 is 54.0 Å². The van der Waals surface area contributed by atoms with Gasteiger partial charge in [-0.15, -0.1) is 0 Å². The zero-order valence-electron chi connectivity index (χ0n) is 49.3. The van der Waals surface area contributed by atoms with E-state index in [1.807, 2.05) is 13.8 Å². The number of aliphatic hydroxyl groups is 3. The highest BCUT2D eigenvalue weighted by Crippen LogP contribution is 2.22. The van der Waals surface area contributed by atoms with Crippen molar-refractivity contribution in [3.05, 3.63) is 48.0 Å². The van der Waals surface area contributed by atoms with E-state index in [4.69, 9.17) is 11.5 Å². The van der Waals surface area contributed by atoms with Crippen LogP contribution >= 0.6 is 0 Å². The van der Waals surface area contributed by atoms with Gasteiger partial charge in [0.1, 0.15) is 66.2 Å². The number of carbonyl (C=O) groups is 13. The zero-order chi connectivity index (χ0) is 65.5. The van der Waals surface area contributed by atoms with Crippen LogP contribution in [-0.4, -0.2) is 227 Å². The summed E-state index contributed by atoms with van der Waals surface area (Å²) in [6, 6.07) is -11.2. The maximum atomic E-state index is 14.5. The van der Waals surface area contributed by atoms with Crippen LogP contribution in [0.1, 0.15) is 96.7 Å². The minimum Gasteiger partial charge on any atom is -0.508 e. The lowest BCUT2D eigenvalue weighted by Crippen LogP contribution is -2.61. The number of H-pyrrole nitrogens is 1.